The highest BCUT2D eigenvalue weighted by Gasteiger charge is 2.36. The Labute approximate surface area is 346 Å². The number of fused-ring (bicyclic) bond motifs is 6. The summed E-state index contributed by atoms with van der Waals surface area (Å²) in [4.78, 5) is 5.12. The minimum Gasteiger partial charge on any atom is -0.300 e. The molecule has 0 atom stereocenters. The molecule has 0 bridgehead atoms. The molecular weight excluding hydrogens is 713 g/mol. The highest BCUT2D eigenvalue weighted by molar-refractivity contribution is 6.12. The van der Waals surface area contributed by atoms with Gasteiger partial charge in [-0.3, -0.25) is 4.99 Å². The van der Waals surface area contributed by atoms with Gasteiger partial charge in [-0.05, 0) is 101 Å². The molecule has 1 aliphatic rings. The average molecular weight is 755 g/mol. The van der Waals surface area contributed by atoms with Crippen molar-refractivity contribution in [3.05, 3.63) is 234 Å². The molecule has 59 heavy (non-hydrogen) atoms. The van der Waals surface area contributed by atoms with Crippen LogP contribution in [0.25, 0.3) is 71.7 Å². The van der Waals surface area contributed by atoms with Gasteiger partial charge in [0.15, 0.2) is 0 Å². The zero-order valence-corrected chi connectivity index (χ0v) is 33.2. The summed E-state index contributed by atoms with van der Waals surface area (Å²) in [7, 11) is 0. The third-order valence-corrected chi connectivity index (χ3v) is 12.0. The minimum absolute atomic E-state index is 0.0671. The topological polar surface area (TPSA) is 36.2 Å². The van der Waals surface area contributed by atoms with Gasteiger partial charge >= 0.3 is 0 Å². The molecule has 0 aliphatic heterocycles. The van der Waals surface area contributed by atoms with Crippen LogP contribution in [0.4, 0.5) is 0 Å². The first-order valence-electron chi connectivity index (χ1n) is 20.3. The van der Waals surface area contributed by atoms with Crippen molar-refractivity contribution < 1.29 is 0 Å². The van der Waals surface area contributed by atoms with Crippen LogP contribution in [-0.4, -0.2) is 11.9 Å². The first kappa shape index (κ1) is 36.0. The van der Waals surface area contributed by atoms with Gasteiger partial charge in [-0.2, -0.15) is 0 Å². The number of hydrogen-bond acceptors (Lipinski definition) is 2. The SMILES string of the molecule is CC1(C)c2ccc(-c3ccc(-c4ccc(C=N/C(=C\C(=N)c5ccccc5)c5cccc(-c6ccccc6)c5)c5ccccc45)cc3)cc2-c2ccc3ccccc3c21. The molecule has 0 radical (unpaired) electrons. The summed E-state index contributed by atoms with van der Waals surface area (Å²) in [6, 6.07) is 70.9. The van der Waals surface area contributed by atoms with Crippen molar-refractivity contribution in [1.29, 1.82) is 5.41 Å². The van der Waals surface area contributed by atoms with Crippen molar-refractivity contribution in [3.63, 3.8) is 0 Å². The Bertz CT molecular complexity index is 3110. The lowest BCUT2D eigenvalue weighted by Gasteiger charge is -2.23. The summed E-state index contributed by atoms with van der Waals surface area (Å²) in [6.07, 6.45) is 3.82. The second-order valence-corrected chi connectivity index (χ2v) is 15.9. The van der Waals surface area contributed by atoms with Crippen molar-refractivity contribution in [2.45, 2.75) is 19.3 Å². The summed E-state index contributed by atoms with van der Waals surface area (Å²) in [6.45, 7) is 4.72. The smallest absolute Gasteiger partial charge is 0.0723 e. The van der Waals surface area contributed by atoms with Gasteiger partial charge in [-0.25, -0.2) is 0 Å². The maximum Gasteiger partial charge on any atom is 0.0723 e. The molecule has 0 spiro atoms. The van der Waals surface area contributed by atoms with E-state index in [1.54, 1.807) is 0 Å². The Morgan fingerprint density at radius 3 is 1.85 bits per heavy atom. The van der Waals surface area contributed by atoms with Crippen molar-refractivity contribution in [2.75, 3.05) is 0 Å². The highest BCUT2D eigenvalue weighted by Crippen LogP contribution is 2.52. The fourth-order valence-electron chi connectivity index (χ4n) is 8.99. The van der Waals surface area contributed by atoms with E-state index in [0.29, 0.717) is 5.71 Å². The predicted octanol–water partition coefficient (Wildman–Crippen LogP) is 14.8. The summed E-state index contributed by atoms with van der Waals surface area (Å²) in [5.74, 6) is 0. The van der Waals surface area contributed by atoms with Crippen LogP contribution in [0, 0.1) is 5.41 Å². The first-order valence-corrected chi connectivity index (χ1v) is 20.3. The summed E-state index contributed by atoms with van der Waals surface area (Å²) >= 11 is 0. The van der Waals surface area contributed by atoms with E-state index in [-0.39, 0.29) is 5.41 Å². The van der Waals surface area contributed by atoms with Crippen LogP contribution in [0.2, 0.25) is 0 Å². The Morgan fingerprint density at radius 1 is 0.458 bits per heavy atom. The zero-order valence-electron chi connectivity index (χ0n) is 33.2. The van der Waals surface area contributed by atoms with Crippen molar-refractivity contribution in [3.8, 4) is 44.5 Å². The zero-order chi connectivity index (χ0) is 39.9. The van der Waals surface area contributed by atoms with Gasteiger partial charge in [0, 0.05) is 22.8 Å². The Kier molecular flexibility index (Phi) is 9.03. The van der Waals surface area contributed by atoms with E-state index >= 15 is 0 Å². The Hall–Kier alpha value is -7.42. The standard InChI is InChI=1S/C57H42N2/c1-57(2)53-33-30-44(35-52(53)51-32-28-40-16-9-10-22-49(40)56(51)57)39-24-26-41(27-25-39)48-31-29-46(47-21-11-12-23-50(47)48)37-59-55(36-54(58)42-17-7-4-8-18-42)45-20-13-19-43(34-45)38-14-5-3-6-15-38/h3-37,58H,1-2H3/b55-36-,58-54?,59-37?. The number of nitrogens with one attached hydrogen (secondary N) is 1. The third-order valence-electron chi connectivity index (χ3n) is 12.0. The van der Waals surface area contributed by atoms with Crippen LogP contribution >= 0.6 is 0 Å². The molecule has 9 aromatic rings. The van der Waals surface area contributed by atoms with Gasteiger partial charge < -0.3 is 5.41 Å². The molecule has 1 N–H and O–H groups in total. The molecular formula is C57H42N2. The van der Waals surface area contributed by atoms with Gasteiger partial charge in [-0.15, -0.1) is 0 Å². The molecule has 0 aromatic heterocycles. The third kappa shape index (κ3) is 6.59. The molecule has 0 saturated heterocycles. The van der Waals surface area contributed by atoms with E-state index < -0.39 is 0 Å². The quantitative estimate of drug-likeness (QED) is 0.150. The molecule has 2 nitrogen and oxygen atoms in total. The van der Waals surface area contributed by atoms with Gasteiger partial charge in [-0.1, -0.05) is 202 Å². The molecule has 2 heteroatoms. The Morgan fingerprint density at radius 2 is 1.05 bits per heavy atom. The molecule has 0 unspecified atom stereocenters. The summed E-state index contributed by atoms with van der Waals surface area (Å²) in [5.41, 5.74) is 16.4. The average Bonchev–Trinajstić information content (AvgIpc) is 3.53. The van der Waals surface area contributed by atoms with Crippen LogP contribution in [-0.2, 0) is 5.41 Å². The molecule has 1 aliphatic carbocycles. The predicted molar refractivity (Wildman–Crippen MR) is 251 cm³/mol. The number of rotatable bonds is 8. The molecule has 280 valence electrons. The molecule has 0 amide bonds. The maximum atomic E-state index is 8.99. The number of hydrogen-bond donors (Lipinski definition) is 1. The van der Waals surface area contributed by atoms with Gasteiger partial charge in [0.1, 0.15) is 0 Å². The second kappa shape index (κ2) is 14.8. The van der Waals surface area contributed by atoms with Gasteiger partial charge in [0.05, 0.1) is 11.4 Å². The fourth-order valence-corrected chi connectivity index (χ4v) is 8.99. The molecule has 9 aromatic carbocycles. The molecule has 0 heterocycles. The molecule has 0 saturated carbocycles. The van der Waals surface area contributed by atoms with Crippen LogP contribution in [0.3, 0.4) is 0 Å². The number of nitrogens with zero attached hydrogens (tertiary/aromatic N) is 1. The van der Waals surface area contributed by atoms with Crippen molar-refractivity contribution in [1.82, 2.24) is 0 Å². The van der Waals surface area contributed by atoms with E-state index in [2.05, 4.69) is 178 Å². The van der Waals surface area contributed by atoms with Gasteiger partial charge in [0.2, 0.25) is 0 Å². The highest BCUT2D eigenvalue weighted by atomic mass is 14.7. The lowest BCUT2D eigenvalue weighted by molar-refractivity contribution is 0.666. The van der Waals surface area contributed by atoms with Crippen LogP contribution in [0.5, 0.6) is 0 Å². The second-order valence-electron chi connectivity index (χ2n) is 15.9. The van der Waals surface area contributed by atoms with E-state index in [1.165, 1.54) is 60.7 Å². The lowest BCUT2D eigenvalue weighted by Crippen LogP contribution is -2.15. The monoisotopic (exact) mass is 754 g/mol. The number of allylic oxidation sites excluding steroid dienone is 1. The van der Waals surface area contributed by atoms with Crippen molar-refractivity contribution >= 4 is 39.2 Å². The molecule has 0 fully saturated rings. The van der Waals surface area contributed by atoms with E-state index in [0.717, 1.165) is 38.9 Å². The van der Waals surface area contributed by atoms with E-state index in [4.69, 9.17) is 10.4 Å². The minimum atomic E-state index is -0.0671. The number of aliphatic imine (C=N–C) groups is 1. The summed E-state index contributed by atoms with van der Waals surface area (Å²) in [5, 5.41) is 13.9. The van der Waals surface area contributed by atoms with Crippen molar-refractivity contribution in [2.24, 2.45) is 4.99 Å². The molecule has 10 rings (SSSR count). The fraction of sp³-hybridized carbons (Fsp3) is 0.0526. The Balaban J connectivity index is 0.984. The van der Waals surface area contributed by atoms with E-state index in [9.17, 15) is 0 Å². The normalized spacial score (nSPS) is 13.2. The van der Waals surface area contributed by atoms with Crippen LogP contribution < -0.4 is 0 Å². The van der Waals surface area contributed by atoms with Crippen LogP contribution in [0.15, 0.2) is 211 Å². The lowest BCUT2D eigenvalue weighted by atomic mass is 9.80. The number of benzene rings is 9. The van der Waals surface area contributed by atoms with E-state index in [1.807, 2.05) is 48.7 Å². The maximum absolute atomic E-state index is 8.99. The summed E-state index contributed by atoms with van der Waals surface area (Å²) < 4.78 is 0. The van der Waals surface area contributed by atoms with Crippen LogP contribution in [0.1, 0.15) is 41.7 Å². The van der Waals surface area contributed by atoms with Gasteiger partial charge in [0.25, 0.3) is 0 Å². The largest absolute Gasteiger partial charge is 0.300 e. The first-order chi connectivity index (χ1) is 28.9.